The zero-order chi connectivity index (χ0) is 9.50. The van der Waals surface area contributed by atoms with Gasteiger partial charge < -0.3 is 24.7 Å². The Morgan fingerprint density at radius 1 is 0.857 bits per heavy atom. The molecular formula is C2H8Na3O7P2. The average Bonchev–Trinajstić information content (AvgIpc) is 1.58. The Hall–Kier alpha value is 3.26. The molecule has 0 spiro atoms. The Morgan fingerprint density at radius 3 is 1.00 bits per heavy atom. The fraction of sp³-hybridized carbons (Fsp3) is 1.00. The number of aliphatic hydroxyl groups is 1. The Bertz CT molecular complexity index is 217. The predicted molar refractivity (Wildman–Crippen MR) is 52.0 cm³/mol. The van der Waals surface area contributed by atoms with Crippen LogP contribution in [0.25, 0.3) is 0 Å². The molecule has 14 heavy (non-hydrogen) atoms. The summed E-state index contributed by atoms with van der Waals surface area (Å²) in [5.41, 5.74) is 0. The quantitative estimate of drug-likeness (QED) is 0.287. The Morgan fingerprint density at radius 2 is 1.00 bits per heavy atom. The molecule has 71 valence electrons. The molecule has 12 heteroatoms. The van der Waals surface area contributed by atoms with Gasteiger partial charge in [-0.15, -0.1) is 0 Å². The number of rotatable bonds is 2. The first-order chi connectivity index (χ1) is 4.50. The van der Waals surface area contributed by atoms with Crippen molar-refractivity contribution in [3.8, 4) is 0 Å². The second kappa shape index (κ2) is 8.38. The minimum atomic E-state index is -5.20. The smallest absolute Gasteiger partial charge is 0.368 e. The zero-order valence-corrected chi connectivity index (χ0v) is 16.2. The Balaban J connectivity index is -0.000000167. The first kappa shape index (κ1) is 26.0. The van der Waals surface area contributed by atoms with Gasteiger partial charge in [0.05, 0.1) is 0 Å². The van der Waals surface area contributed by atoms with E-state index in [0.717, 1.165) is 0 Å². The van der Waals surface area contributed by atoms with Crippen molar-refractivity contribution >= 4 is 104 Å². The third kappa shape index (κ3) is 6.87. The zero-order valence-electron chi connectivity index (χ0n) is 8.45. The van der Waals surface area contributed by atoms with Crippen molar-refractivity contribution < 1.29 is 33.8 Å². The van der Waals surface area contributed by atoms with Crippen LogP contribution in [0, 0.1) is 0 Å². The summed E-state index contributed by atoms with van der Waals surface area (Å²) >= 11 is 0. The first-order valence-corrected chi connectivity index (χ1v) is 5.56. The molecule has 0 rings (SSSR count). The molecule has 0 aliphatic rings. The summed E-state index contributed by atoms with van der Waals surface area (Å²) in [4.78, 5) is 33.0. The van der Waals surface area contributed by atoms with Gasteiger partial charge in [-0.25, -0.2) is 0 Å². The summed E-state index contributed by atoms with van der Waals surface area (Å²) in [6.07, 6.45) is 0. The number of hydrogen-bond donors (Lipinski definition) is 5. The van der Waals surface area contributed by atoms with Gasteiger partial charge in [0.25, 0.3) is 5.08 Å². The molecule has 0 aromatic heterocycles. The van der Waals surface area contributed by atoms with Crippen LogP contribution in [0.3, 0.4) is 0 Å². The van der Waals surface area contributed by atoms with Gasteiger partial charge in [0.15, 0.2) is 0 Å². The molecule has 0 saturated carbocycles. The van der Waals surface area contributed by atoms with E-state index in [2.05, 4.69) is 0 Å². The van der Waals surface area contributed by atoms with Gasteiger partial charge in [0.2, 0.25) is 0 Å². The molecule has 0 heterocycles. The molecule has 0 fully saturated rings. The molecule has 5 N–H and O–H groups in total. The predicted octanol–water partition coefficient (Wildman–Crippen LogP) is -2.13. The van der Waals surface area contributed by atoms with Crippen LogP contribution in [-0.4, -0.2) is 118 Å². The molecule has 0 bridgehead atoms. The van der Waals surface area contributed by atoms with E-state index < -0.39 is 20.3 Å². The van der Waals surface area contributed by atoms with Gasteiger partial charge in [-0.1, -0.05) is 0 Å². The van der Waals surface area contributed by atoms with Crippen molar-refractivity contribution in [1.82, 2.24) is 0 Å². The first-order valence-electron chi connectivity index (χ1n) is 2.34. The molecule has 0 unspecified atom stereocenters. The third-order valence-electron chi connectivity index (χ3n) is 1.10. The van der Waals surface area contributed by atoms with Crippen LogP contribution < -0.4 is 0 Å². The van der Waals surface area contributed by atoms with Gasteiger partial charge in [0, 0.05) is 88.7 Å². The normalized spacial score (nSPS) is 11.9. The van der Waals surface area contributed by atoms with Gasteiger partial charge in [-0.2, -0.15) is 0 Å². The van der Waals surface area contributed by atoms with Crippen LogP contribution in [0.1, 0.15) is 6.92 Å². The second-order valence-electron chi connectivity index (χ2n) is 2.06. The van der Waals surface area contributed by atoms with Crippen LogP contribution >= 0.6 is 15.2 Å². The maximum absolute atomic E-state index is 10.3. The molecule has 0 aromatic carbocycles. The summed E-state index contributed by atoms with van der Waals surface area (Å²) in [5, 5.41) is 5.37. The van der Waals surface area contributed by atoms with Crippen LogP contribution in [0.5, 0.6) is 0 Å². The molecule has 3 radical (unpaired) electrons. The standard InChI is InChI=1S/C2H8O7P2.3Na/c1-2(3,10(4,5)6)11(7,8)9;;;/h3H,1H3,(H2,4,5,6)(H2,7,8,9);;;. The molecular weight excluding hydrogens is 267 g/mol. The fourth-order valence-corrected chi connectivity index (χ4v) is 1.53. The van der Waals surface area contributed by atoms with Crippen molar-refractivity contribution in [2.45, 2.75) is 12.0 Å². The molecule has 0 amide bonds. The monoisotopic (exact) mass is 275 g/mol. The van der Waals surface area contributed by atoms with Crippen molar-refractivity contribution in [3.63, 3.8) is 0 Å². The SMILES string of the molecule is CC(O)(P(=O)(O)O)P(=O)(O)O.[Na].[Na].[Na]. The minimum Gasteiger partial charge on any atom is -0.368 e. The van der Waals surface area contributed by atoms with Crippen LogP contribution in [-0.2, 0) is 9.13 Å². The van der Waals surface area contributed by atoms with Crippen LogP contribution in [0.4, 0.5) is 0 Å². The molecule has 0 aliphatic heterocycles. The topological polar surface area (TPSA) is 135 Å². The third-order valence-corrected chi connectivity index (χ3v) is 4.87. The van der Waals surface area contributed by atoms with E-state index in [1.165, 1.54) is 0 Å². The van der Waals surface area contributed by atoms with Gasteiger partial charge in [-0.05, 0) is 6.92 Å². The van der Waals surface area contributed by atoms with Crippen LogP contribution in [0.15, 0.2) is 0 Å². The summed E-state index contributed by atoms with van der Waals surface area (Å²) in [6.45, 7) is 0.383. The summed E-state index contributed by atoms with van der Waals surface area (Å²) in [7, 11) is -10.4. The minimum absolute atomic E-state index is 0. The van der Waals surface area contributed by atoms with E-state index in [4.69, 9.17) is 24.7 Å². The van der Waals surface area contributed by atoms with Gasteiger partial charge in [-0.3, -0.25) is 9.13 Å². The van der Waals surface area contributed by atoms with Crippen molar-refractivity contribution in [2.24, 2.45) is 0 Å². The molecule has 7 nitrogen and oxygen atoms in total. The average molecular weight is 275 g/mol. The summed E-state index contributed by atoms with van der Waals surface area (Å²) in [5.74, 6) is 0. The molecule has 0 saturated heterocycles. The van der Waals surface area contributed by atoms with Gasteiger partial charge >= 0.3 is 15.2 Å². The second-order valence-corrected chi connectivity index (χ2v) is 6.33. The van der Waals surface area contributed by atoms with E-state index in [-0.39, 0.29) is 88.7 Å². The molecule has 0 aromatic rings. The molecule has 0 aliphatic carbocycles. The summed E-state index contributed by atoms with van der Waals surface area (Å²) < 4.78 is 20.5. The van der Waals surface area contributed by atoms with Crippen molar-refractivity contribution in [2.75, 3.05) is 0 Å². The van der Waals surface area contributed by atoms with E-state index in [9.17, 15) is 9.13 Å². The molecule has 0 atom stereocenters. The van der Waals surface area contributed by atoms with E-state index in [1.54, 1.807) is 0 Å². The maximum Gasteiger partial charge on any atom is 0.369 e. The van der Waals surface area contributed by atoms with Crippen molar-refractivity contribution in [1.29, 1.82) is 0 Å². The Labute approximate surface area is 147 Å². The van der Waals surface area contributed by atoms with E-state index in [0.29, 0.717) is 6.92 Å². The summed E-state index contributed by atoms with van der Waals surface area (Å²) in [6, 6.07) is 0. The maximum atomic E-state index is 10.3. The fourth-order valence-electron chi connectivity index (χ4n) is 0.170. The Kier molecular flexibility index (Phi) is 15.5. The number of hydrogen-bond acceptors (Lipinski definition) is 3. The van der Waals surface area contributed by atoms with E-state index in [1.807, 2.05) is 0 Å². The largest absolute Gasteiger partial charge is 0.369 e. The van der Waals surface area contributed by atoms with E-state index >= 15 is 0 Å². The van der Waals surface area contributed by atoms with Gasteiger partial charge in [0.1, 0.15) is 0 Å². The van der Waals surface area contributed by atoms with Crippen molar-refractivity contribution in [3.05, 3.63) is 0 Å². The van der Waals surface area contributed by atoms with Crippen LogP contribution in [0.2, 0.25) is 0 Å².